The SMILES string of the molecule is CSc1ccc(NC(=O)C(C)(C)N2CCNCC2)cc1. The fraction of sp³-hybridized carbons (Fsp3) is 0.533. The van der Waals surface area contributed by atoms with Gasteiger partial charge in [0.25, 0.3) is 0 Å². The molecule has 2 rings (SSSR count). The summed E-state index contributed by atoms with van der Waals surface area (Å²) in [5.74, 6) is 0.0521. The van der Waals surface area contributed by atoms with E-state index in [4.69, 9.17) is 0 Å². The summed E-state index contributed by atoms with van der Waals surface area (Å²) in [5, 5.41) is 6.33. The number of carbonyl (C=O) groups excluding carboxylic acids is 1. The Bertz CT molecular complexity index is 453. The molecule has 4 nitrogen and oxygen atoms in total. The van der Waals surface area contributed by atoms with Crippen molar-refractivity contribution in [2.75, 3.05) is 37.8 Å². The Hall–Kier alpha value is -1.04. The predicted octanol–water partition coefficient (Wildman–Crippen LogP) is 2.03. The maximum Gasteiger partial charge on any atom is 0.244 e. The van der Waals surface area contributed by atoms with Crippen LogP contribution in [0.4, 0.5) is 5.69 Å². The molecule has 20 heavy (non-hydrogen) atoms. The number of thioether (sulfide) groups is 1. The molecule has 2 N–H and O–H groups in total. The molecule has 0 unspecified atom stereocenters. The predicted molar refractivity (Wildman–Crippen MR) is 85.4 cm³/mol. The molecular formula is C15H23N3OS. The summed E-state index contributed by atoms with van der Waals surface area (Å²) in [7, 11) is 0. The molecule has 0 aliphatic carbocycles. The van der Waals surface area contributed by atoms with Gasteiger partial charge in [-0.3, -0.25) is 9.69 Å². The minimum Gasteiger partial charge on any atom is -0.324 e. The number of amides is 1. The summed E-state index contributed by atoms with van der Waals surface area (Å²) in [4.78, 5) is 15.9. The minimum atomic E-state index is -0.486. The molecular weight excluding hydrogens is 270 g/mol. The van der Waals surface area contributed by atoms with Crippen LogP contribution in [-0.2, 0) is 4.79 Å². The van der Waals surface area contributed by atoms with Gasteiger partial charge in [-0.1, -0.05) is 0 Å². The van der Waals surface area contributed by atoms with Crippen LogP contribution >= 0.6 is 11.8 Å². The lowest BCUT2D eigenvalue weighted by Gasteiger charge is -2.39. The molecule has 5 heteroatoms. The first kappa shape index (κ1) is 15.4. The molecule has 1 saturated heterocycles. The van der Waals surface area contributed by atoms with E-state index in [0.717, 1.165) is 31.9 Å². The number of carbonyl (C=O) groups is 1. The Morgan fingerprint density at radius 2 is 1.85 bits per heavy atom. The Morgan fingerprint density at radius 3 is 2.40 bits per heavy atom. The van der Waals surface area contributed by atoms with Crippen molar-refractivity contribution in [2.24, 2.45) is 0 Å². The van der Waals surface area contributed by atoms with Crippen molar-refractivity contribution in [2.45, 2.75) is 24.3 Å². The van der Waals surface area contributed by atoms with E-state index in [1.165, 1.54) is 4.90 Å². The van der Waals surface area contributed by atoms with Gasteiger partial charge in [0.2, 0.25) is 5.91 Å². The van der Waals surface area contributed by atoms with E-state index in [1.54, 1.807) is 11.8 Å². The van der Waals surface area contributed by atoms with Crippen molar-refractivity contribution in [3.63, 3.8) is 0 Å². The topological polar surface area (TPSA) is 44.4 Å². The molecule has 0 spiro atoms. The van der Waals surface area contributed by atoms with Crippen LogP contribution in [0.1, 0.15) is 13.8 Å². The van der Waals surface area contributed by atoms with Gasteiger partial charge in [0.15, 0.2) is 0 Å². The zero-order valence-corrected chi connectivity index (χ0v) is 13.2. The lowest BCUT2D eigenvalue weighted by Crippen LogP contribution is -2.58. The molecule has 1 heterocycles. The van der Waals surface area contributed by atoms with E-state index in [-0.39, 0.29) is 5.91 Å². The van der Waals surface area contributed by atoms with Crippen LogP contribution in [0.3, 0.4) is 0 Å². The van der Waals surface area contributed by atoms with Gasteiger partial charge in [0.1, 0.15) is 0 Å². The molecule has 1 amide bonds. The maximum absolute atomic E-state index is 12.5. The third kappa shape index (κ3) is 3.53. The first-order valence-electron chi connectivity index (χ1n) is 6.95. The average Bonchev–Trinajstić information content (AvgIpc) is 2.49. The van der Waals surface area contributed by atoms with Gasteiger partial charge in [-0.2, -0.15) is 0 Å². The van der Waals surface area contributed by atoms with Crippen LogP contribution in [-0.4, -0.2) is 48.8 Å². The van der Waals surface area contributed by atoms with Crippen molar-refractivity contribution in [3.8, 4) is 0 Å². The molecule has 1 fully saturated rings. The zero-order chi connectivity index (χ0) is 14.6. The minimum absolute atomic E-state index is 0.0521. The zero-order valence-electron chi connectivity index (χ0n) is 12.4. The van der Waals surface area contributed by atoms with Crippen LogP contribution in [0.25, 0.3) is 0 Å². The quantitative estimate of drug-likeness (QED) is 0.834. The van der Waals surface area contributed by atoms with E-state index in [1.807, 2.05) is 44.4 Å². The van der Waals surface area contributed by atoms with Crippen molar-refractivity contribution in [1.82, 2.24) is 10.2 Å². The van der Waals surface area contributed by atoms with E-state index < -0.39 is 5.54 Å². The molecule has 0 aromatic heterocycles. The molecule has 1 aromatic carbocycles. The van der Waals surface area contributed by atoms with E-state index in [2.05, 4.69) is 15.5 Å². The van der Waals surface area contributed by atoms with Crippen molar-refractivity contribution in [3.05, 3.63) is 24.3 Å². The first-order valence-corrected chi connectivity index (χ1v) is 8.18. The molecule has 0 atom stereocenters. The van der Waals surface area contributed by atoms with E-state index in [0.29, 0.717) is 0 Å². The highest BCUT2D eigenvalue weighted by molar-refractivity contribution is 7.98. The third-order valence-corrected chi connectivity index (χ3v) is 4.55. The van der Waals surface area contributed by atoms with Crippen LogP contribution in [0.5, 0.6) is 0 Å². The Kier molecular flexibility index (Phi) is 5.07. The van der Waals surface area contributed by atoms with Gasteiger partial charge in [-0.05, 0) is 44.4 Å². The molecule has 0 radical (unpaired) electrons. The number of anilines is 1. The first-order chi connectivity index (χ1) is 9.54. The number of benzene rings is 1. The molecule has 110 valence electrons. The summed E-state index contributed by atoms with van der Waals surface area (Å²) in [5.41, 5.74) is 0.372. The number of rotatable bonds is 4. The summed E-state index contributed by atoms with van der Waals surface area (Å²) >= 11 is 1.70. The van der Waals surface area contributed by atoms with Crippen LogP contribution in [0, 0.1) is 0 Å². The summed E-state index contributed by atoms with van der Waals surface area (Å²) < 4.78 is 0. The summed E-state index contributed by atoms with van der Waals surface area (Å²) in [6, 6.07) is 7.96. The number of hydrogen-bond acceptors (Lipinski definition) is 4. The van der Waals surface area contributed by atoms with Gasteiger partial charge in [-0.25, -0.2) is 0 Å². The second-order valence-electron chi connectivity index (χ2n) is 5.48. The molecule has 1 aliphatic rings. The maximum atomic E-state index is 12.5. The van der Waals surface area contributed by atoms with Crippen LogP contribution < -0.4 is 10.6 Å². The number of nitrogens with zero attached hydrogens (tertiary/aromatic N) is 1. The van der Waals surface area contributed by atoms with Gasteiger partial charge in [0.05, 0.1) is 5.54 Å². The molecule has 1 aliphatic heterocycles. The Balaban J connectivity index is 2.01. The summed E-state index contributed by atoms with van der Waals surface area (Å²) in [6.45, 7) is 7.68. The lowest BCUT2D eigenvalue weighted by atomic mass is 10.0. The highest BCUT2D eigenvalue weighted by atomic mass is 32.2. The number of hydrogen-bond donors (Lipinski definition) is 2. The lowest BCUT2D eigenvalue weighted by molar-refractivity contribution is -0.126. The van der Waals surface area contributed by atoms with E-state index >= 15 is 0 Å². The van der Waals surface area contributed by atoms with Gasteiger partial charge >= 0.3 is 0 Å². The standard InChI is InChI=1S/C15H23N3OS/c1-15(2,18-10-8-16-9-11-18)14(19)17-12-4-6-13(20-3)7-5-12/h4-7,16H,8-11H2,1-3H3,(H,17,19). The number of nitrogens with one attached hydrogen (secondary N) is 2. The van der Waals surface area contributed by atoms with Gasteiger partial charge in [0, 0.05) is 36.8 Å². The molecule has 1 aromatic rings. The van der Waals surface area contributed by atoms with Crippen LogP contribution in [0.15, 0.2) is 29.2 Å². The second-order valence-corrected chi connectivity index (χ2v) is 6.36. The van der Waals surface area contributed by atoms with Gasteiger partial charge < -0.3 is 10.6 Å². The Labute approximate surface area is 125 Å². The largest absolute Gasteiger partial charge is 0.324 e. The molecule has 0 saturated carbocycles. The highest BCUT2D eigenvalue weighted by Crippen LogP contribution is 2.21. The second kappa shape index (κ2) is 6.61. The Morgan fingerprint density at radius 1 is 1.25 bits per heavy atom. The fourth-order valence-corrected chi connectivity index (χ4v) is 2.73. The van der Waals surface area contributed by atoms with Gasteiger partial charge in [-0.15, -0.1) is 11.8 Å². The smallest absolute Gasteiger partial charge is 0.244 e. The fourth-order valence-electron chi connectivity index (χ4n) is 2.33. The van der Waals surface area contributed by atoms with Crippen molar-refractivity contribution < 1.29 is 4.79 Å². The van der Waals surface area contributed by atoms with Crippen LogP contribution in [0.2, 0.25) is 0 Å². The monoisotopic (exact) mass is 293 g/mol. The average molecular weight is 293 g/mol. The van der Waals surface area contributed by atoms with Crippen molar-refractivity contribution in [1.29, 1.82) is 0 Å². The number of piperazine rings is 1. The normalized spacial score (nSPS) is 16.9. The third-order valence-electron chi connectivity index (χ3n) is 3.81. The van der Waals surface area contributed by atoms with E-state index in [9.17, 15) is 4.79 Å². The summed E-state index contributed by atoms with van der Waals surface area (Å²) in [6.07, 6.45) is 2.04. The van der Waals surface area contributed by atoms with Crippen molar-refractivity contribution >= 4 is 23.4 Å². The molecule has 0 bridgehead atoms. The highest BCUT2D eigenvalue weighted by Gasteiger charge is 2.35.